The maximum absolute atomic E-state index is 13.0. The fourth-order valence-electron chi connectivity index (χ4n) is 3.33. The summed E-state index contributed by atoms with van der Waals surface area (Å²) >= 11 is 0. The van der Waals surface area contributed by atoms with Gasteiger partial charge in [-0.25, -0.2) is 14.5 Å². The average Bonchev–Trinajstić information content (AvgIpc) is 3.30. The summed E-state index contributed by atoms with van der Waals surface area (Å²) in [6.07, 6.45) is 3.50. The Labute approximate surface area is 172 Å². The van der Waals surface area contributed by atoms with Crippen molar-refractivity contribution in [1.82, 2.24) is 13.9 Å². The van der Waals surface area contributed by atoms with Gasteiger partial charge in [-0.05, 0) is 55.5 Å². The highest BCUT2D eigenvalue weighted by molar-refractivity contribution is 5.88. The molecule has 2 heterocycles. The van der Waals surface area contributed by atoms with E-state index in [0.717, 1.165) is 22.8 Å². The third kappa shape index (κ3) is 3.37. The maximum atomic E-state index is 13.0. The van der Waals surface area contributed by atoms with Crippen LogP contribution < -0.4 is 5.56 Å². The highest BCUT2D eigenvalue weighted by Crippen LogP contribution is 2.18. The summed E-state index contributed by atoms with van der Waals surface area (Å²) in [6.45, 7) is 1.86. The van der Waals surface area contributed by atoms with E-state index in [-0.39, 0.29) is 11.1 Å². The number of rotatable bonds is 5. The van der Waals surface area contributed by atoms with Crippen LogP contribution in [0, 0.1) is 6.92 Å². The molecule has 0 saturated carbocycles. The molecule has 2 aromatic heterocycles. The Balaban J connectivity index is 1.70. The van der Waals surface area contributed by atoms with Crippen LogP contribution in [0.1, 0.15) is 21.7 Å². The zero-order chi connectivity index (χ0) is 21.3. The molecule has 0 aliphatic rings. The Morgan fingerprint density at radius 1 is 0.967 bits per heavy atom. The summed E-state index contributed by atoms with van der Waals surface area (Å²) in [6, 6.07) is 19.7. The van der Waals surface area contributed by atoms with E-state index in [4.69, 9.17) is 5.11 Å². The molecule has 0 unspecified atom stereocenters. The van der Waals surface area contributed by atoms with Crippen molar-refractivity contribution in [2.75, 3.05) is 0 Å². The molecule has 0 saturated heterocycles. The molecule has 4 rings (SSSR count). The topological polar surface area (TPSA) is 81.5 Å². The Bertz CT molecular complexity index is 1290. The molecule has 4 aromatic rings. The number of aromatic nitrogens is 3. The second-order valence-corrected chi connectivity index (χ2v) is 6.82. The lowest BCUT2D eigenvalue weighted by atomic mass is 10.2. The number of para-hydroxylation sites is 1. The van der Waals surface area contributed by atoms with E-state index in [0.29, 0.717) is 5.69 Å². The van der Waals surface area contributed by atoms with Crippen LogP contribution in [-0.2, 0) is 7.05 Å². The molecule has 7 heteroatoms. The normalized spacial score (nSPS) is 11.3. The number of hydrogen-bond donors (Lipinski definition) is 1. The lowest BCUT2D eigenvalue weighted by Gasteiger charge is -2.07. The fourth-order valence-corrected chi connectivity index (χ4v) is 3.33. The van der Waals surface area contributed by atoms with E-state index >= 15 is 0 Å². The van der Waals surface area contributed by atoms with Crippen molar-refractivity contribution in [2.24, 2.45) is 12.0 Å². The summed E-state index contributed by atoms with van der Waals surface area (Å²) in [7, 11) is 1.83. The van der Waals surface area contributed by atoms with Crippen molar-refractivity contribution in [2.45, 2.75) is 6.92 Å². The summed E-state index contributed by atoms with van der Waals surface area (Å²) in [5.41, 5.74) is 3.50. The molecule has 0 aliphatic heterocycles. The van der Waals surface area contributed by atoms with Gasteiger partial charge in [-0.1, -0.05) is 18.2 Å². The third-order valence-corrected chi connectivity index (χ3v) is 5.02. The van der Waals surface area contributed by atoms with Crippen molar-refractivity contribution in [3.8, 4) is 11.4 Å². The largest absolute Gasteiger partial charge is 0.478 e. The third-order valence-electron chi connectivity index (χ3n) is 5.02. The number of aromatic carboxylic acids is 1. The van der Waals surface area contributed by atoms with Gasteiger partial charge in [0.15, 0.2) is 5.69 Å². The molecule has 2 aromatic carbocycles. The van der Waals surface area contributed by atoms with Crippen molar-refractivity contribution in [3.05, 3.63) is 100 Å². The van der Waals surface area contributed by atoms with Gasteiger partial charge in [0, 0.05) is 18.9 Å². The predicted octanol–water partition coefficient (Wildman–Crippen LogP) is 3.72. The molecule has 30 heavy (non-hydrogen) atoms. The minimum absolute atomic E-state index is 0.193. The van der Waals surface area contributed by atoms with E-state index in [1.807, 2.05) is 67.2 Å². The van der Waals surface area contributed by atoms with Gasteiger partial charge < -0.3 is 9.67 Å². The van der Waals surface area contributed by atoms with Crippen molar-refractivity contribution >= 4 is 17.9 Å². The van der Waals surface area contributed by atoms with Gasteiger partial charge in [0.25, 0.3) is 5.56 Å². The van der Waals surface area contributed by atoms with Gasteiger partial charge in [-0.3, -0.25) is 9.48 Å². The standard InChI is InChI=1S/C23H20N4O3/c1-16-21(22(28)27(25(16)2)19-7-4-3-5-8-19)24-15-20-9-6-14-26(20)18-12-10-17(11-13-18)23(29)30/h3-15H,1-2H3,(H,29,30). The molecule has 0 fully saturated rings. The smallest absolute Gasteiger partial charge is 0.335 e. The average molecular weight is 400 g/mol. The van der Waals surface area contributed by atoms with Crippen LogP contribution in [-0.4, -0.2) is 31.2 Å². The minimum atomic E-state index is -0.968. The number of carboxylic acids is 1. The highest BCUT2D eigenvalue weighted by atomic mass is 16.4. The van der Waals surface area contributed by atoms with E-state index in [1.165, 1.54) is 0 Å². The number of benzene rings is 2. The Kier molecular flexibility index (Phi) is 4.93. The van der Waals surface area contributed by atoms with Crippen LogP contribution in [0.2, 0.25) is 0 Å². The Morgan fingerprint density at radius 3 is 2.33 bits per heavy atom. The summed E-state index contributed by atoms with van der Waals surface area (Å²) in [5, 5.41) is 9.07. The summed E-state index contributed by atoms with van der Waals surface area (Å²) in [5.74, 6) is -0.968. The second kappa shape index (κ2) is 7.71. The van der Waals surface area contributed by atoms with Crippen LogP contribution in [0.3, 0.4) is 0 Å². The predicted molar refractivity (Wildman–Crippen MR) is 116 cm³/mol. The zero-order valence-corrected chi connectivity index (χ0v) is 16.6. The second-order valence-electron chi connectivity index (χ2n) is 6.82. The lowest BCUT2D eigenvalue weighted by Crippen LogP contribution is -2.19. The fraction of sp³-hybridized carbons (Fsp3) is 0.0870. The zero-order valence-electron chi connectivity index (χ0n) is 16.6. The molecule has 0 aliphatic carbocycles. The number of hydrogen-bond acceptors (Lipinski definition) is 3. The SMILES string of the molecule is Cc1c(N=Cc2cccn2-c2ccc(C(=O)O)cc2)c(=O)n(-c2ccccc2)n1C. The van der Waals surface area contributed by atoms with Crippen molar-refractivity contribution in [1.29, 1.82) is 0 Å². The molecule has 1 N–H and O–H groups in total. The van der Waals surface area contributed by atoms with Crippen LogP contribution in [0.25, 0.3) is 11.4 Å². The molecule has 0 radical (unpaired) electrons. The molecule has 0 bridgehead atoms. The Hall–Kier alpha value is -4.13. The molecule has 0 atom stereocenters. The van der Waals surface area contributed by atoms with E-state index < -0.39 is 5.97 Å². The first-order valence-electron chi connectivity index (χ1n) is 9.36. The van der Waals surface area contributed by atoms with Gasteiger partial charge in [-0.15, -0.1) is 0 Å². The Morgan fingerprint density at radius 2 is 1.67 bits per heavy atom. The van der Waals surface area contributed by atoms with Crippen LogP contribution in [0.4, 0.5) is 5.69 Å². The number of nitrogens with zero attached hydrogens (tertiary/aromatic N) is 4. The summed E-state index contributed by atoms with van der Waals surface area (Å²) < 4.78 is 5.25. The van der Waals surface area contributed by atoms with E-state index in [2.05, 4.69) is 4.99 Å². The first kappa shape index (κ1) is 19.2. The maximum Gasteiger partial charge on any atom is 0.335 e. The molecular formula is C23H20N4O3. The molecule has 0 spiro atoms. The number of carbonyl (C=O) groups is 1. The number of aliphatic imine (C=N–C) groups is 1. The van der Waals surface area contributed by atoms with Crippen molar-refractivity contribution < 1.29 is 9.90 Å². The lowest BCUT2D eigenvalue weighted by molar-refractivity contribution is 0.0697. The molecule has 150 valence electrons. The first-order valence-corrected chi connectivity index (χ1v) is 9.36. The molecule has 0 amide bonds. The van der Waals surface area contributed by atoms with E-state index in [1.54, 1.807) is 39.8 Å². The van der Waals surface area contributed by atoms with Crippen LogP contribution in [0.15, 0.2) is 82.7 Å². The monoisotopic (exact) mass is 400 g/mol. The van der Waals surface area contributed by atoms with Gasteiger partial charge in [-0.2, -0.15) is 0 Å². The van der Waals surface area contributed by atoms with E-state index in [9.17, 15) is 9.59 Å². The van der Waals surface area contributed by atoms with Crippen LogP contribution in [0.5, 0.6) is 0 Å². The van der Waals surface area contributed by atoms with Gasteiger partial charge in [0.1, 0.15) is 0 Å². The number of carboxylic acid groups (broad SMARTS) is 1. The highest BCUT2D eigenvalue weighted by Gasteiger charge is 2.15. The minimum Gasteiger partial charge on any atom is -0.478 e. The van der Waals surface area contributed by atoms with Crippen LogP contribution >= 0.6 is 0 Å². The summed E-state index contributed by atoms with van der Waals surface area (Å²) in [4.78, 5) is 28.5. The van der Waals surface area contributed by atoms with Gasteiger partial charge in [0.2, 0.25) is 0 Å². The van der Waals surface area contributed by atoms with Gasteiger partial charge >= 0.3 is 5.97 Å². The molecule has 7 nitrogen and oxygen atoms in total. The first-order chi connectivity index (χ1) is 14.5. The molecular weight excluding hydrogens is 380 g/mol. The van der Waals surface area contributed by atoms with Crippen molar-refractivity contribution in [3.63, 3.8) is 0 Å². The quantitative estimate of drug-likeness (QED) is 0.519. The van der Waals surface area contributed by atoms with Gasteiger partial charge in [0.05, 0.1) is 28.9 Å².